The lowest BCUT2D eigenvalue weighted by molar-refractivity contribution is 0.482. The second-order valence-electron chi connectivity index (χ2n) is 36.4. The minimum Gasteiger partial charge on any atom is -0.457 e. The molecule has 0 saturated carbocycles. The van der Waals surface area contributed by atoms with Crippen LogP contribution in [-0.4, -0.2) is 8.07 Å². The number of rotatable bonds is 24. The predicted octanol–water partition coefficient (Wildman–Crippen LogP) is 34.1. The van der Waals surface area contributed by atoms with Gasteiger partial charge in [0.05, 0.1) is 10.8 Å². The first-order chi connectivity index (χ1) is 68.9. The van der Waals surface area contributed by atoms with E-state index in [0.29, 0.717) is 23.0 Å². The molecule has 0 fully saturated rings. The molecule has 678 valence electrons. The lowest BCUT2D eigenvalue weighted by Gasteiger charge is -2.35. The van der Waals surface area contributed by atoms with Crippen LogP contribution in [0.25, 0.3) is 67.8 Å². The number of nitrogens with zero attached hydrogens (tertiary/aromatic N) is 4. The van der Waals surface area contributed by atoms with E-state index in [9.17, 15) is 0 Å². The zero-order valence-electron chi connectivity index (χ0n) is 76.8. The van der Waals surface area contributed by atoms with Gasteiger partial charge in [0.25, 0.3) is 0 Å². The van der Waals surface area contributed by atoms with E-state index in [1.807, 2.05) is 133 Å². The van der Waals surface area contributed by atoms with Gasteiger partial charge in [-0.05, 0) is 389 Å². The summed E-state index contributed by atoms with van der Waals surface area (Å²) in [5.74, 6) is 0.591. The summed E-state index contributed by atoms with van der Waals surface area (Å²) in [5.41, 5.74) is 28.1. The quantitative estimate of drug-likeness (QED) is 0.0443. The molecular formula is C128H88F6N4O2Si. The van der Waals surface area contributed by atoms with Gasteiger partial charge in [0.2, 0.25) is 0 Å². The highest BCUT2D eigenvalue weighted by molar-refractivity contribution is 7.04. The zero-order valence-corrected chi connectivity index (χ0v) is 77.8. The molecule has 141 heavy (non-hydrogen) atoms. The number of ether oxygens (including phenoxy) is 2. The minimum atomic E-state index is -2.57. The summed E-state index contributed by atoms with van der Waals surface area (Å²) in [4.78, 5) is 8.64. The van der Waals surface area contributed by atoms with E-state index in [1.54, 1.807) is 36.4 Å². The van der Waals surface area contributed by atoms with Gasteiger partial charge in [-0.3, -0.25) is 0 Å². The fourth-order valence-corrected chi connectivity index (χ4v) is 24.4. The van der Waals surface area contributed by atoms with Gasteiger partial charge in [-0.15, -0.1) is 0 Å². The van der Waals surface area contributed by atoms with Gasteiger partial charge in [-0.25, -0.2) is 26.3 Å². The van der Waals surface area contributed by atoms with Crippen LogP contribution in [0.4, 0.5) is 94.6 Å². The maximum absolute atomic E-state index is 15.2. The summed E-state index contributed by atoms with van der Waals surface area (Å²) in [6.45, 7) is 12.6. The second-order valence-corrected chi connectivity index (χ2v) is 40.7. The smallest absolute Gasteiger partial charge is 0.127 e. The Bertz CT molecular complexity index is 7680. The van der Waals surface area contributed by atoms with Crippen molar-refractivity contribution in [3.8, 4) is 78.6 Å². The first-order valence-corrected chi connectivity index (χ1v) is 49.9. The predicted molar refractivity (Wildman–Crippen MR) is 566 cm³/mol. The first-order valence-electron chi connectivity index (χ1n) is 46.9. The van der Waals surface area contributed by atoms with Gasteiger partial charge in [0.15, 0.2) is 0 Å². The SMILES string of the molecule is C=Cc1ccc(Oc2ccc(C3(c4ccc(F)cc4)c4ccccc4-c4ccc(N(c5ccc(F)cc5)c5ccc(-c6ccc(N(c7ccc(F)cc7)c7ccc8c(c7)[Si](C)(C)c7cc(N(c9ccc(F)cc9)c9ccc(-c%10ccc(N(c%11ccc(F)cc%11)c%11ccc%12c(c%11)C(c%11ccc(F)cc%11)(c%11ccc(Oc%13ccc(C=C)cc%13)cc%11)c%11ccccc%11-%12)cc%10)cc9)ccc7-8)cc6)cc5)cc43)cc2)cc1. The molecule has 20 aromatic carbocycles. The van der Waals surface area contributed by atoms with Crippen LogP contribution < -0.4 is 39.4 Å². The van der Waals surface area contributed by atoms with Gasteiger partial charge in [-0.1, -0.05) is 233 Å². The van der Waals surface area contributed by atoms with E-state index in [2.05, 4.69) is 276 Å². The van der Waals surface area contributed by atoms with Crippen molar-refractivity contribution in [2.24, 2.45) is 0 Å². The Balaban J connectivity index is 0.533. The fraction of sp³-hybridized carbons (Fsp3) is 0.0312. The molecular weight excluding hydrogens is 1770 g/mol. The van der Waals surface area contributed by atoms with Crippen LogP contribution in [0, 0.1) is 34.9 Å². The van der Waals surface area contributed by atoms with Crippen LogP contribution in [0.1, 0.15) is 55.6 Å². The highest BCUT2D eigenvalue weighted by Crippen LogP contribution is 2.61. The third-order valence-corrected chi connectivity index (χ3v) is 31.6. The largest absolute Gasteiger partial charge is 0.457 e. The van der Waals surface area contributed by atoms with Crippen LogP contribution in [0.15, 0.2) is 474 Å². The molecule has 1 heterocycles. The Morgan fingerprint density at radius 3 is 0.681 bits per heavy atom. The van der Waals surface area contributed by atoms with E-state index >= 15 is 26.3 Å². The molecule has 23 rings (SSSR count). The number of halogens is 6. The normalized spacial score (nSPS) is 14.3. The third-order valence-electron chi connectivity index (χ3n) is 28.1. The van der Waals surface area contributed by atoms with Crippen molar-refractivity contribution >= 4 is 98.8 Å². The Hall–Kier alpha value is -17.5. The van der Waals surface area contributed by atoms with E-state index < -0.39 is 18.9 Å². The monoisotopic (exact) mass is 1850 g/mol. The number of benzene rings is 20. The Morgan fingerprint density at radius 1 is 0.213 bits per heavy atom. The lowest BCUT2D eigenvalue weighted by Crippen LogP contribution is -2.49. The number of hydrogen-bond donors (Lipinski definition) is 0. The Morgan fingerprint density at radius 2 is 0.418 bits per heavy atom. The van der Waals surface area contributed by atoms with Crippen molar-refractivity contribution in [1.82, 2.24) is 0 Å². The molecule has 0 N–H and O–H groups in total. The number of anilines is 12. The molecule has 3 aliphatic rings. The van der Waals surface area contributed by atoms with Crippen molar-refractivity contribution < 1.29 is 35.8 Å². The van der Waals surface area contributed by atoms with Gasteiger partial charge >= 0.3 is 0 Å². The zero-order chi connectivity index (χ0) is 95.8. The Labute approximate surface area is 816 Å². The number of hydrogen-bond acceptors (Lipinski definition) is 6. The van der Waals surface area contributed by atoms with Crippen LogP contribution in [0.3, 0.4) is 0 Å². The van der Waals surface area contributed by atoms with Crippen LogP contribution in [0.5, 0.6) is 23.0 Å². The molecule has 6 nitrogen and oxygen atoms in total. The van der Waals surface area contributed by atoms with Crippen molar-refractivity contribution in [2.75, 3.05) is 19.6 Å². The molecule has 2 unspecified atom stereocenters. The van der Waals surface area contributed by atoms with E-state index in [1.165, 1.54) is 83.2 Å². The third kappa shape index (κ3) is 15.7. The highest BCUT2D eigenvalue weighted by Gasteiger charge is 2.49. The highest BCUT2D eigenvalue weighted by atomic mass is 28.3. The maximum atomic E-state index is 15.2. The Kier molecular flexibility index (Phi) is 22.3. The van der Waals surface area contributed by atoms with Crippen molar-refractivity contribution in [3.05, 3.63) is 565 Å². The minimum absolute atomic E-state index is 0.343. The molecule has 0 radical (unpaired) electrons. The standard InChI is InChI=1S/C128H88F6N4O2Si/c1-5-83-15-67-111(68-16-83)139-113-71-31-91(32-72-113)127(89-27-35-93(129)36-28-89)121-13-9-7-11-115(121)117-75-63-107(79-123(117)127)135(103-55-39-95(131)40-56-103)99-47-19-85(20-48-99)87-23-51-101(52-24-87)137(105-59-43-97(133)44-60-105)109-65-77-119-120-78-66-110(82-126(120)141(3,4)125(119)81-109)138(106-61-45-98(134)46-62-106)102-53-25-88(26-54-102)86-21-49-100(50-22-86)136(104-57-41-96(132)42-58-104)108-64-76-118-116-12-8-10-14-122(116)128(124(118)80-108,90-29-37-94(130)38-30-90)92-33-73-114(74-34-92)140-112-69-17-84(6-2)18-70-112/h5-82H,1-2H2,3-4H3. The molecule has 20 aromatic rings. The summed E-state index contributed by atoms with van der Waals surface area (Å²) in [7, 11) is -2.57. The molecule has 0 aromatic heterocycles. The first kappa shape index (κ1) is 87.5. The average Bonchev–Trinajstić information content (AvgIpc) is 1.54. The van der Waals surface area contributed by atoms with Gasteiger partial charge < -0.3 is 29.1 Å². The molecule has 2 aliphatic carbocycles. The topological polar surface area (TPSA) is 31.4 Å². The van der Waals surface area contributed by atoms with Crippen LogP contribution in [0.2, 0.25) is 13.1 Å². The molecule has 0 spiro atoms. The van der Waals surface area contributed by atoms with Crippen molar-refractivity contribution in [3.63, 3.8) is 0 Å². The summed E-state index contributed by atoms with van der Waals surface area (Å²) in [6, 6.07) is 148. The van der Waals surface area contributed by atoms with Gasteiger partial charge in [0.1, 0.15) is 66.0 Å². The summed E-state index contributed by atoms with van der Waals surface area (Å²) in [6.07, 6.45) is 3.59. The van der Waals surface area contributed by atoms with E-state index in [4.69, 9.17) is 9.47 Å². The lowest BCUT2D eigenvalue weighted by atomic mass is 9.67. The molecule has 0 bridgehead atoms. The van der Waals surface area contributed by atoms with Crippen molar-refractivity contribution in [2.45, 2.75) is 23.9 Å². The van der Waals surface area contributed by atoms with Crippen LogP contribution >= 0.6 is 0 Å². The molecule has 0 amide bonds. The molecule has 0 saturated heterocycles. The molecule has 1 aliphatic heterocycles. The molecule has 13 heteroatoms. The van der Waals surface area contributed by atoms with Crippen molar-refractivity contribution in [1.29, 1.82) is 0 Å². The summed E-state index contributed by atoms with van der Waals surface area (Å²) >= 11 is 0. The van der Waals surface area contributed by atoms with Gasteiger partial charge in [-0.2, -0.15) is 0 Å². The van der Waals surface area contributed by atoms with E-state index in [0.717, 1.165) is 180 Å². The van der Waals surface area contributed by atoms with Crippen LogP contribution in [-0.2, 0) is 10.8 Å². The maximum Gasteiger partial charge on any atom is 0.127 e. The average molecular weight is 1860 g/mol. The van der Waals surface area contributed by atoms with E-state index in [-0.39, 0.29) is 34.9 Å². The second kappa shape index (κ2) is 35.9. The number of fused-ring (bicyclic) bond motifs is 9. The summed E-state index contributed by atoms with van der Waals surface area (Å²) in [5, 5.41) is 2.49. The van der Waals surface area contributed by atoms with Gasteiger partial charge in [0, 0.05) is 68.2 Å². The fourth-order valence-electron chi connectivity index (χ4n) is 21.3. The molecule has 2 atom stereocenters. The summed E-state index contributed by atoms with van der Waals surface area (Å²) < 4.78 is 104.